The summed E-state index contributed by atoms with van der Waals surface area (Å²) >= 11 is 0. The number of hydrogen-bond acceptors (Lipinski definition) is 5. The van der Waals surface area contributed by atoms with Gasteiger partial charge in [0.15, 0.2) is 11.5 Å². The van der Waals surface area contributed by atoms with E-state index in [4.69, 9.17) is 14.2 Å². The zero-order chi connectivity index (χ0) is 16.2. The smallest absolute Gasteiger partial charge is 0.321 e. The molecule has 7 nitrogen and oxygen atoms in total. The molecule has 23 heavy (non-hydrogen) atoms. The zero-order valence-corrected chi connectivity index (χ0v) is 13.0. The molecule has 1 fully saturated rings. The number of esters is 1. The van der Waals surface area contributed by atoms with Gasteiger partial charge in [0.1, 0.15) is 0 Å². The molecular weight excluding hydrogens is 300 g/mol. The Kier molecular flexibility index (Phi) is 4.55. The number of hydrogen-bond donors (Lipinski definition) is 1. The van der Waals surface area contributed by atoms with Crippen molar-refractivity contribution in [3.63, 3.8) is 0 Å². The summed E-state index contributed by atoms with van der Waals surface area (Å²) in [5, 5.41) is 2.85. The maximum Gasteiger partial charge on any atom is 0.321 e. The first kappa shape index (κ1) is 15.5. The fourth-order valence-corrected chi connectivity index (χ4v) is 2.76. The molecule has 0 aliphatic carbocycles. The van der Waals surface area contributed by atoms with E-state index in [1.807, 2.05) is 0 Å². The van der Waals surface area contributed by atoms with E-state index in [9.17, 15) is 9.59 Å². The minimum atomic E-state index is -0.175. The Labute approximate surface area is 134 Å². The molecule has 0 atom stereocenters. The monoisotopic (exact) mass is 320 g/mol. The van der Waals surface area contributed by atoms with Crippen LogP contribution in [-0.4, -0.2) is 43.4 Å². The number of nitrogens with one attached hydrogen (secondary N) is 1. The quantitative estimate of drug-likeness (QED) is 0.864. The van der Waals surface area contributed by atoms with Crippen LogP contribution in [0.2, 0.25) is 0 Å². The van der Waals surface area contributed by atoms with Crippen molar-refractivity contribution in [1.82, 2.24) is 4.90 Å². The fourth-order valence-electron chi connectivity index (χ4n) is 2.76. The largest absolute Gasteiger partial charge is 0.466 e. The first-order chi connectivity index (χ1) is 11.2. The van der Waals surface area contributed by atoms with Crippen LogP contribution in [0.5, 0.6) is 11.5 Å². The molecule has 1 saturated heterocycles. The van der Waals surface area contributed by atoms with Gasteiger partial charge in [-0.25, -0.2) is 4.79 Å². The van der Waals surface area contributed by atoms with Crippen LogP contribution in [0.15, 0.2) is 18.2 Å². The standard InChI is InChI=1S/C16H20N2O5/c1-2-21-15(19)11-5-7-18(8-6-11)16(20)17-12-3-4-13-14(9-12)23-10-22-13/h3-4,9,11H,2,5-8,10H2,1H3,(H,17,20). The van der Waals surface area contributed by atoms with E-state index in [1.165, 1.54) is 0 Å². The highest BCUT2D eigenvalue weighted by molar-refractivity contribution is 5.90. The highest BCUT2D eigenvalue weighted by Crippen LogP contribution is 2.34. The number of amides is 2. The van der Waals surface area contributed by atoms with Crippen molar-refractivity contribution in [2.75, 3.05) is 31.8 Å². The average molecular weight is 320 g/mol. The molecule has 0 radical (unpaired) electrons. The summed E-state index contributed by atoms with van der Waals surface area (Å²) in [6, 6.07) is 5.11. The van der Waals surface area contributed by atoms with Crippen LogP contribution in [0.1, 0.15) is 19.8 Å². The average Bonchev–Trinajstić information content (AvgIpc) is 3.03. The number of fused-ring (bicyclic) bond motifs is 1. The van der Waals surface area contributed by atoms with Gasteiger partial charge in [-0.15, -0.1) is 0 Å². The third kappa shape index (κ3) is 3.49. The Balaban J connectivity index is 1.53. The number of urea groups is 1. The van der Waals surface area contributed by atoms with Crippen molar-refractivity contribution in [3.05, 3.63) is 18.2 Å². The van der Waals surface area contributed by atoms with Gasteiger partial charge in [-0.1, -0.05) is 0 Å². The van der Waals surface area contributed by atoms with Gasteiger partial charge in [-0.05, 0) is 31.9 Å². The van der Waals surface area contributed by atoms with Crippen molar-refractivity contribution in [2.24, 2.45) is 5.92 Å². The summed E-state index contributed by atoms with van der Waals surface area (Å²) in [6.07, 6.45) is 1.26. The summed E-state index contributed by atoms with van der Waals surface area (Å²) in [6.45, 7) is 3.48. The molecule has 1 aromatic rings. The summed E-state index contributed by atoms with van der Waals surface area (Å²) < 4.78 is 15.6. The first-order valence-corrected chi connectivity index (χ1v) is 7.79. The molecule has 124 valence electrons. The molecule has 2 amide bonds. The van der Waals surface area contributed by atoms with Crippen LogP contribution in [0, 0.1) is 5.92 Å². The maximum absolute atomic E-state index is 12.3. The number of rotatable bonds is 3. The van der Waals surface area contributed by atoms with Crippen molar-refractivity contribution in [3.8, 4) is 11.5 Å². The third-order valence-electron chi connectivity index (χ3n) is 4.03. The molecule has 0 bridgehead atoms. The second-order valence-electron chi connectivity index (χ2n) is 5.51. The van der Waals surface area contributed by atoms with Crippen molar-refractivity contribution in [1.29, 1.82) is 0 Å². The Bertz CT molecular complexity index is 596. The Morgan fingerprint density at radius 2 is 2.00 bits per heavy atom. The summed E-state index contributed by atoms with van der Waals surface area (Å²) in [7, 11) is 0. The van der Waals surface area contributed by atoms with E-state index in [0.29, 0.717) is 49.7 Å². The van der Waals surface area contributed by atoms with Gasteiger partial charge in [-0.2, -0.15) is 0 Å². The van der Waals surface area contributed by atoms with Crippen molar-refractivity contribution >= 4 is 17.7 Å². The summed E-state index contributed by atoms with van der Waals surface area (Å²) in [5.41, 5.74) is 0.659. The van der Waals surface area contributed by atoms with Crippen LogP contribution in [0.25, 0.3) is 0 Å². The van der Waals surface area contributed by atoms with Crippen molar-refractivity contribution in [2.45, 2.75) is 19.8 Å². The number of piperidine rings is 1. The molecule has 0 unspecified atom stereocenters. The topological polar surface area (TPSA) is 77.1 Å². The predicted octanol–water partition coefficient (Wildman–Crippen LogP) is 2.22. The first-order valence-electron chi connectivity index (χ1n) is 7.79. The van der Waals surface area contributed by atoms with Crippen LogP contribution < -0.4 is 14.8 Å². The fraction of sp³-hybridized carbons (Fsp3) is 0.500. The van der Waals surface area contributed by atoms with Gasteiger partial charge in [-0.3, -0.25) is 4.79 Å². The number of nitrogens with zero attached hydrogens (tertiary/aromatic N) is 1. The number of carbonyl (C=O) groups is 2. The minimum Gasteiger partial charge on any atom is -0.466 e. The predicted molar refractivity (Wildman–Crippen MR) is 82.5 cm³/mol. The molecule has 0 saturated carbocycles. The molecule has 0 aromatic heterocycles. The number of ether oxygens (including phenoxy) is 3. The zero-order valence-electron chi connectivity index (χ0n) is 13.0. The molecule has 2 aliphatic heterocycles. The van der Waals surface area contributed by atoms with E-state index < -0.39 is 0 Å². The lowest BCUT2D eigenvalue weighted by Crippen LogP contribution is -2.42. The van der Waals surface area contributed by atoms with Crippen LogP contribution in [-0.2, 0) is 9.53 Å². The van der Waals surface area contributed by atoms with Gasteiger partial charge in [0, 0.05) is 24.8 Å². The maximum atomic E-state index is 12.3. The van der Waals surface area contributed by atoms with E-state index in [0.717, 1.165) is 0 Å². The molecule has 2 aliphatic rings. The SMILES string of the molecule is CCOC(=O)C1CCN(C(=O)Nc2ccc3c(c2)OCO3)CC1. The lowest BCUT2D eigenvalue weighted by Gasteiger charge is -2.30. The van der Waals surface area contributed by atoms with Gasteiger partial charge >= 0.3 is 12.0 Å². The van der Waals surface area contributed by atoms with E-state index in [1.54, 1.807) is 30.0 Å². The molecular formula is C16H20N2O5. The molecule has 1 aromatic carbocycles. The Morgan fingerprint density at radius 3 is 2.74 bits per heavy atom. The number of benzene rings is 1. The number of carbonyl (C=O) groups excluding carboxylic acids is 2. The second kappa shape index (κ2) is 6.76. The van der Waals surface area contributed by atoms with Gasteiger partial charge in [0.2, 0.25) is 6.79 Å². The Hall–Kier alpha value is -2.44. The van der Waals surface area contributed by atoms with Gasteiger partial charge in [0.05, 0.1) is 12.5 Å². The minimum absolute atomic E-state index is 0.107. The molecule has 1 N–H and O–H groups in total. The summed E-state index contributed by atoms with van der Waals surface area (Å²) in [5.74, 6) is 1.04. The van der Waals surface area contributed by atoms with Crippen LogP contribution >= 0.6 is 0 Å². The normalized spacial score (nSPS) is 17.0. The Morgan fingerprint density at radius 1 is 1.26 bits per heavy atom. The lowest BCUT2D eigenvalue weighted by atomic mass is 9.97. The van der Waals surface area contributed by atoms with Gasteiger partial charge < -0.3 is 24.4 Å². The van der Waals surface area contributed by atoms with Gasteiger partial charge in [0.25, 0.3) is 0 Å². The highest BCUT2D eigenvalue weighted by Gasteiger charge is 2.28. The molecule has 7 heteroatoms. The summed E-state index contributed by atoms with van der Waals surface area (Å²) in [4.78, 5) is 25.7. The second-order valence-corrected chi connectivity index (χ2v) is 5.51. The van der Waals surface area contributed by atoms with E-state index in [2.05, 4.69) is 5.32 Å². The molecule has 2 heterocycles. The number of anilines is 1. The molecule has 0 spiro atoms. The third-order valence-corrected chi connectivity index (χ3v) is 4.03. The van der Waals surface area contributed by atoms with E-state index in [-0.39, 0.29) is 24.7 Å². The van der Waals surface area contributed by atoms with Crippen LogP contribution in [0.3, 0.4) is 0 Å². The van der Waals surface area contributed by atoms with E-state index >= 15 is 0 Å². The van der Waals surface area contributed by atoms with Crippen molar-refractivity contribution < 1.29 is 23.8 Å². The number of likely N-dealkylation sites (tertiary alicyclic amines) is 1. The highest BCUT2D eigenvalue weighted by atomic mass is 16.7. The molecule has 3 rings (SSSR count). The lowest BCUT2D eigenvalue weighted by molar-refractivity contribution is -0.149. The van der Waals surface area contributed by atoms with Crippen LogP contribution in [0.4, 0.5) is 10.5 Å².